The molecule has 0 saturated heterocycles. The van der Waals surface area contributed by atoms with E-state index in [0.717, 1.165) is 30.4 Å². The summed E-state index contributed by atoms with van der Waals surface area (Å²) in [5.74, 6) is 0. The van der Waals surface area contributed by atoms with Crippen molar-refractivity contribution in [1.82, 2.24) is 13.7 Å². The van der Waals surface area contributed by atoms with Crippen LogP contribution in [0.4, 0.5) is 17.1 Å². The minimum absolute atomic E-state index is 0.199. The lowest BCUT2D eigenvalue weighted by Gasteiger charge is -2.16. The van der Waals surface area contributed by atoms with Crippen LogP contribution in [0.15, 0.2) is 107 Å². The molecule has 4 rings (SSSR count). The maximum Gasteiger partial charge on any atom is 0.345 e. The number of anilines is 3. The van der Waals surface area contributed by atoms with Gasteiger partial charge >= 0.3 is 17.1 Å². The molecule has 1 aromatic heterocycles. The Hall–Kier alpha value is -5.31. The maximum absolute atomic E-state index is 13.8. The fraction of sp³-hybridized carbons (Fsp3) is 0.100. The van der Waals surface area contributed by atoms with Gasteiger partial charge in [-0.1, -0.05) is 36.4 Å². The topological polar surface area (TPSA) is 144 Å². The van der Waals surface area contributed by atoms with Crippen LogP contribution in [0.3, 0.4) is 0 Å². The van der Waals surface area contributed by atoms with E-state index >= 15 is 0 Å². The SMILES string of the molecule is C=CCc1ccc(-n2c(=O)n(-c3ccc(CC=C)c(N)c3)c(=O)n(-c3ccc(CC=C)c(N)c3)c2=O)cc1N. The zero-order chi connectivity index (χ0) is 28.3. The molecule has 0 radical (unpaired) electrons. The molecule has 1 heterocycles. The fourth-order valence-electron chi connectivity index (χ4n) is 4.40. The lowest BCUT2D eigenvalue weighted by Crippen LogP contribution is -2.52. The number of hydrogen-bond donors (Lipinski definition) is 3. The Bertz CT molecular complexity index is 1550. The molecule has 0 unspecified atom stereocenters. The summed E-state index contributed by atoms with van der Waals surface area (Å²) in [5.41, 5.74) is 20.1. The van der Waals surface area contributed by atoms with Crippen LogP contribution in [-0.2, 0) is 19.3 Å². The van der Waals surface area contributed by atoms with Crippen molar-refractivity contribution >= 4 is 17.1 Å². The van der Waals surface area contributed by atoms with Gasteiger partial charge in [0.2, 0.25) is 0 Å². The number of aromatic nitrogens is 3. The second kappa shape index (κ2) is 11.0. The molecule has 0 aliphatic carbocycles. The van der Waals surface area contributed by atoms with Crippen LogP contribution in [0.5, 0.6) is 0 Å². The summed E-state index contributed by atoms with van der Waals surface area (Å²) >= 11 is 0. The monoisotopic (exact) mass is 522 g/mol. The lowest BCUT2D eigenvalue weighted by atomic mass is 10.1. The van der Waals surface area contributed by atoms with Crippen LogP contribution in [0, 0.1) is 0 Å². The molecule has 39 heavy (non-hydrogen) atoms. The Morgan fingerprint density at radius 1 is 0.513 bits per heavy atom. The highest BCUT2D eigenvalue weighted by atomic mass is 16.2. The zero-order valence-electron chi connectivity index (χ0n) is 21.5. The summed E-state index contributed by atoms with van der Waals surface area (Å²) in [6.07, 6.45) is 6.63. The van der Waals surface area contributed by atoms with Crippen molar-refractivity contribution in [2.24, 2.45) is 0 Å². The van der Waals surface area contributed by atoms with Gasteiger partial charge in [0.15, 0.2) is 0 Å². The van der Waals surface area contributed by atoms with E-state index in [0.29, 0.717) is 36.3 Å². The van der Waals surface area contributed by atoms with E-state index in [1.807, 2.05) is 0 Å². The van der Waals surface area contributed by atoms with Crippen LogP contribution in [0.1, 0.15) is 16.7 Å². The van der Waals surface area contributed by atoms with Gasteiger partial charge in [0.1, 0.15) is 0 Å². The third-order valence-electron chi connectivity index (χ3n) is 6.40. The molecule has 9 nitrogen and oxygen atoms in total. The van der Waals surface area contributed by atoms with E-state index in [4.69, 9.17) is 17.2 Å². The van der Waals surface area contributed by atoms with Gasteiger partial charge in [-0.3, -0.25) is 0 Å². The van der Waals surface area contributed by atoms with Gasteiger partial charge in [-0.15, -0.1) is 19.7 Å². The summed E-state index contributed by atoms with van der Waals surface area (Å²) in [4.78, 5) is 41.4. The van der Waals surface area contributed by atoms with Gasteiger partial charge in [0.05, 0.1) is 17.1 Å². The van der Waals surface area contributed by atoms with Gasteiger partial charge in [0, 0.05) is 17.1 Å². The third-order valence-corrected chi connectivity index (χ3v) is 6.40. The molecule has 0 fully saturated rings. The highest BCUT2D eigenvalue weighted by molar-refractivity contribution is 5.57. The highest BCUT2D eigenvalue weighted by Crippen LogP contribution is 2.20. The van der Waals surface area contributed by atoms with Gasteiger partial charge in [-0.05, 0) is 72.4 Å². The summed E-state index contributed by atoms with van der Waals surface area (Å²) in [7, 11) is 0. The Labute approximate surface area is 225 Å². The van der Waals surface area contributed by atoms with Crippen LogP contribution < -0.4 is 34.3 Å². The Balaban J connectivity index is 2.08. The third kappa shape index (κ3) is 4.97. The minimum Gasteiger partial charge on any atom is -0.398 e. The quantitative estimate of drug-likeness (QED) is 0.228. The molecule has 3 aromatic carbocycles. The van der Waals surface area contributed by atoms with Crippen molar-refractivity contribution in [1.29, 1.82) is 0 Å². The minimum atomic E-state index is -0.871. The Kier molecular flexibility index (Phi) is 7.53. The number of rotatable bonds is 9. The molecule has 0 atom stereocenters. The molecule has 0 saturated carbocycles. The smallest absolute Gasteiger partial charge is 0.345 e. The van der Waals surface area contributed by atoms with E-state index in [9.17, 15) is 14.4 Å². The largest absolute Gasteiger partial charge is 0.398 e. The van der Waals surface area contributed by atoms with Gasteiger partial charge in [0.25, 0.3) is 0 Å². The van der Waals surface area contributed by atoms with Gasteiger partial charge in [-0.25, -0.2) is 28.1 Å². The van der Waals surface area contributed by atoms with E-state index in [2.05, 4.69) is 19.7 Å². The number of allylic oxidation sites excluding steroid dienone is 3. The van der Waals surface area contributed by atoms with E-state index in [-0.39, 0.29) is 17.1 Å². The number of nitrogens with two attached hydrogens (primary N) is 3. The van der Waals surface area contributed by atoms with Crippen molar-refractivity contribution in [3.05, 3.63) is 141 Å². The number of nitrogens with zero attached hydrogens (tertiary/aromatic N) is 3. The van der Waals surface area contributed by atoms with Crippen molar-refractivity contribution in [2.75, 3.05) is 17.2 Å². The average Bonchev–Trinajstić information content (AvgIpc) is 2.89. The van der Waals surface area contributed by atoms with Crippen molar-refractivity contribution in [2.45, 2.75) is 19.3 Å². The number of nitrogen functional groups attached to an aromatic ring is 3. The normalized spacial score (nSPS) is 10.8. The van der Waals surface area contributed by atoms with Crippen molar-refractivity contribution in [3.63, 3.8) is 0 Å². The summed E-state index contributed by atoms with van der Waals surface area (Å²) in [6.45, 7) is 11.2. The summed E-state index contributed by atoms with van der Waals surface area (Å²) in [5, 5.41) is 0. The average molecular weight is 523 g/mol. The first kappa shape index (κ1) is 26.7. The predicted octanol–water partition coefficient (Wildman–Crippen LogP) is 3.07. The van der Waals surface area contributed by atoms with Gasteiger partial charge in [-0.2, -0.15) is 0 Å². The van der Waals surface area contributed by atoms with Crippen LogP contribution in [0.25, 0.3) is 17.1 Å². The first-order valence-corrected chi connectivity index (χ1v) is 12.2. The molecule has 0 aliphatic rings. The predicted molar refractivity (Wildman–Crippen MR) is 158 cm³/mol. The first-order chi connectivity index (χ1) is 18.7. The Morgan fingerprint density at radius 3 is 0.974 bits per heavy atom. The van der Waals surface area contributed by atoms with E-state index in [1.165, 1.54) is 18.2 Å². The number of benzene rings is 3. The van der Waals surface area contributed by atoms with Crippen molar-refractivity contribution < 1.29 is 0 Å². The molecule has 0 bridgehead atoms. The van der Waals surface area contributed by atoms with Gasteiger partial charge < -0.3 is 17.2 Å². The Morgan fingerprint density at radius 2 is 0.769 bits per heavy atom. The molecule has 6 N–H and O–H groups in total. The van der Waals surface area contributed by atoms with Crippen LogP contribution >= 0.6 is 0 Å². The second-order valence-electron chi connectivity index (χ2n) is 8.98. The van der Waals surface area contributed by atoms with Crippen LogP contribution in [0.2, 0.25) is 0 Å². The molecular weight excluding hydrogens is 492 g/mol. The molecule has 9 heteroatoms. The van der Waals surface area contributed by atoms with E-state index in [1.54, 1.807) is 54.6 Å². The standard InChI is InChI=1S/C30H30N6O3/c1-4-7-19-10-13-22(16-25(19)31)34-28(37)35(23-14-11-20(8-5-2)26(32)17-23)30(39)36(29(34)38)24-15-12-21(9-6-3)27(33)18-24/h4-6,10-18H,1-3,7-9,31-33H2. The lowest BCUT2D eigenvalue weighted by molar-refractivity contribution is 0.659. The second-order valence-corrected chi connectivity index (χ2v) is 8.98. The van der Waals surface area contributed by atoms with Crippen molar-refractivity contribution in [3.8, 4) is 17.1 Å². The highest BCUT2D eigenvalue weighted by Gasteiger charge is 2.21. The maximum atomic E-state index is 13.8. The molecule has 0 spiro atoms. The number of hydrogen-bond acceptors (Lipinski definition) is 6. The van der Waals surface area contributed by atoms with E-state index < -0.39 is 17.1 Å². The summed E-state index contributed by atoms with van der Waals surface area (Å²) in [6, 6.07) is 14.5. The first-order valence-electron chi connectivity index (χ1n) is 12.2. The molecule has 198 valence electrons. The molecule has 0 amide bonds. The molecule has 0 aliphatic heterocycles. The zero-order valence-corrected chi connectivity index (χ0v) is 21.5. The fourth-order valence-corrected chi connectivity index (χ4v) is 4.40. The molecular formula is C30H30N6O3. The summed E-state index contributed by atoms with van der Waals surface area (Å²) < 4.78 is 2.70. The van der Waals surface area contributed by atoms with Crippen LogP contribution in [-0.4, -0.2) is 13.7 Å². The molecule has 4 aromatic rings.